The number of likely N-dealkylation sites (N-methyl/N-ethyl adjacent to an activating group) is 2. The van der Waals surface area contributed by atoms with E-state index in [1.807, 2.05) is 25.8 Å². The van der Waals surface area contributed by atoms with Gasteiger partial charge < -0.3 is 24.4 Å². The van der Waals surface area contributed by atoms with Crippen LogP contribution in [0.5, 0.6) is 5.75 Å². The maximum atomic E-state index is 5.41. The summed E-state index contributed by atoms with van der Waals surface area (Å²) in [5, 5.41) is 7.60. The molecule has 0 spiro atoms. The molecule has 0 saturated carbocycles. The van der Waals surface area contributed by atoms with E-state index in [-0.39, 0.29) is 6.04 Å². The van der Waals surface area contributed by atoms with E-state index in [1.165, 1.54) is 0 Å². The molecule has 7 nitrogen and oxygen atoms in total. The van der Waals surface area contributed by atoms with Gasteiger partial charge in [0.2, 0.25) is 0 Å². The van der Waals surface area contributed by atoms with Crippen LogP contribution in [-0.4, -0.2) is 70.0 Å². The minimum absolute atomic E-state index is 0.162. The molecule has 1 atom stereocenters. The van der Waals surface area contributed by atoms with Crippen LogP contribution in [0.2, 0.25) is 0 Å². The average molecular weight is 286 g/mol. The lowest BCUT2D eigenvalue weighted by Crippen LogP contribution is -2.35. The number of ether oxygens (including phenoxy) is 3. The number of aromatic nitrogens is 2. The first kappa shape index (κ1) is 16.9. The monoisotopic (exact) mass is 286 g/mol. The fourth-order valence-electron chi connectivity index (χ4n) is 2.09. The van der Waals surface area contributed by atoms with E-state index in [0.29, 0.717) is 0 Å². The first-order chi connectivity index (χ1) is 9.58. The van der Waals surface area contributed by atoms with Crippen LogP contribution < -0.4 is 10.1 Å². The number of hydrogen-bond acceptors (Lipinski definition) is 6. The highest BCUT2D eigenvalue weighted by atomic mass is 16.7. The quantitative estimate of drug-likeness (QED) is 0.660. The third kappa shape index (κ3) is 3.92. The van der Waals surface area contributed by atoms with Gasteiger partial charge in [-0.3, -0.25) is 4.68 Å². The molecule has 0 bridgehead atoms. The molecule has 0 aliphatic rings. The zero-order chi connectivity index (χ0) is 15.1. The van der Waals surface area contributed by atoms with Crippen molar-refractivity contribution in [1.29, 1.82) is 0 Å². The van der Waals surface area contributed by atoms with Gasteiger partial charge in [0.05, 0.1) is 19.9 Å². The van der Waals surface area contributed by atoms with Gasteiger partial charge in [-0.2, -0.15) is 5.10 Å². The summed E-state index contributed by atoms with van der Waals surface area (Å²) in [5.74, 6) is 0.724. The Hall–Kier alpha value is -1.15. The second-order valence-corrected chi connectivity index (χ2v) is 4.73. The molecular formula is C13H26N4O3. The molecule has 116 valence electrons. The summed E-state index contributed by atoms with van der Waals surface area (Å²) in [6, 6.07) is -0.162. The Morgan fingerprint density at radius 1 is 1.30 bits per heavy atom. The van der Waals surface area contributed by atoms with Crippen molar-refractivity contribution >= 4 is 0 Å². The van der Waals surface area contributed by atoms with Crippen LogP contribution in [0.4, 0.5) is 0 Å². The van der Waals surface area contributed by atoms with E-state index in [2.05, 4.69) is 15.3 Å². The molecule has 1 aromatic heterocycles. The fourth-order valence-corrected chi connectivity index (χ4v) is 2.09. The van der Waals surface area contributed by atoms with Crippen molar-refractivity contribution in [1.82, 2.24) is 20.0 Å². The third-order valence-electron chi connectivity index (χ3n) is 3.17. The lowest BCUT2D eigenvalue weighted by molar-refractivity contribution is -0.124. The minimum atomic E-state index is -0.413. The second-order valence-electron chi connectivity index (χ2n) is 4.73. The van der Waals surface area contributed by atoms with Crippen molar-refractivity contribution in [3.05, 3.63) is 11.9 Å². The van der Waals surface area contributed by atoms with Gasteiger partial charge in [-0.05, 0) is 21.1 Å². The number of methoxy groups -OCH3 is 3. The Bertz CT molecular complexity index is 391. The summed E-state index contributed by atoms with van der Waals surface area (Å²) in [6.07, 6.45) is 1.31. The molecule has 1 unspecified atom stereocenters. The van der Waals surface area contributed by atoms with Crippen LogP contribution in [0.15, 0.2) is 6.20 Å². The van der Waals surface area contributed by atoms with Gasteiger partial charge in [-0.25, -0.2) is 0 Å². The SMILES string of the molecule is CNC(c1c(OC)cnn1CCN(C)C)C(OC)OC. The van der Waals surface area contributed by atoms with Crippen LogP contribution in [0, 0.1) is 0 Å². The topological polar surface area (TPSA) is 60.8 Å². The van der Waals surface area contributed by atoms with Crippen molar-refractivity contribution in [2.24, 2.45) is 0 Å². The van der Waals surface area contributed by atoms with E-state index < -0.39 is 6.29 Å². The second kappa shape index (κ2) is 8.21. The fraction of sp³-hybridized carbons (Fsp3) is 0.769. The molecule has 0 aliphatic carbocycles. The summed E-state index contributed by atoms with van der Waals surface area (Å²) in [7, 11) is 10.8. The summed E-state index contributed by atoms with van der Waals surface area (Å²) in [4.78, 5) is 2.11. The van der Waals surface area contributed by atoms with E-state index in [9.17, 15) is 0 Å². The van der Waals surface area contributed by atoms with Gasteiger partial charge in [0.25, 0.3) is 0 Å². The van der Waals surface area contributed by atoms with E-state index in [0.717, 1.165) is 24.5 Å². The Morgan fingerprint density at radius 3 is 2.40 bits per heavy atom. The first-order valence-corrected chi connectivity index (χ1v) is 6.56. The highest BCUT2D eigenvalue weighted by Gasteiger charge is 2.28. The van der Waals surface area contributed by atoms with E-state index in [4.69, 9.17) is 14.2 Å². The molecule has 0 aromatic carbocycles. The van der Waals surface area contributed by atoms with Gasteiger partial charge in [0.1, 0.15) is 11.7 Å². The zero-order valence-electron chi connectivity index (χ0n) is 13.2. The maximum Gasteiger partial charge on any atom is 0.177 e. The predicted molar refractivity (Wildman–Crippen MR) is 76.9 cm³/mol. The van der Waals surface area contributed by atoms with Gasteiger partial charge in [-0.1, -0.05) is 0 Å². The van der Waals surface area contributed by atoms with Gasteiger partial charge in [-0.15, -0.1) is 0 Å². The molecule has 7 heteroatoms. The maximum absolute atomic E-state index is 5.41. The molecule has 1 rings (SSSR count). The molecule has 0 fully saturated rings. The highest BCUT2D eigenvalue weighted by molar-refractivity contribution is 5.29. The lowest BCUT2D eigenvalue weighted by atomic mass is 10.2. The number of hydrogen-bond donors (Lipinski definition) is 1. The number of rotatable bonds is 9. The molecule has 0 aliphatic heterocycles. The van der Waals surface area contributed by atoms with Gasteiger partial charge in [0.15, 0.2) is 12.0 Å². The Balaban J connectivity index is 3.07. The van der Waals surface area contributed by atoms with Gasteiger partial charge in [0, 0.05) is 20.8 Å². The largest absolute Gasteiger partial charge is 0.493 e. The standard InChI is InChI=1S/C13H26N4O3/c1-14-11(13(19-5)20-6)12-10(18-4)9-15-17(12)8-7-16(2)3/h9,11,13-14H,7-8H2,1-6H3. The summed E-state index contributed by atoms with van der Waals surface area (Å²) in [5.41, 5.74) is 0.922. The summed E-state index contributed by atoms with van der Waals surface area (Å²) >= 11 is 0. The molecule has 1 heterocycles. The van der Waals surface area contributed by atoms with Crippen LogP contribution in [-0.2, 0) is 16.0 Å². The normalized spacial score (nSPS) is 13.2. The van der Waals surface area contributed by atoms with Crippen molar-refractivity contribution in [3.8, 4) is 5.75 Å². The van der Waals surface area contributed by atoms with Crippen molar-refractivity contribution in [2.45, 2.75) is 18.9 Å². The zero-order valence-corrected chi connectivity index (χ0v) is 13.2. The van der Waals surface area contributed by atoms with E-state index in [1.54, 1.807) is 27.5 Å². The summed E-state index contributed by atoms with van der Waals surface area (Å²) < 4.78 is 18.1. The number of nitrogens with zero attached hydrogens (tertiary/aromatic N) is 3. The smallest absolute Gasteiger partial charge is 0.177 e. The average Bonchev–Trinajstić information content (AvgIpc) is 2.85. The van der Waals surface area contributed by atoms with Crippen LogP contribution >= 0.6 is 0 Å². The van der Waals surface area contributed by atoms with E-state index >= 15 is 0 Å². The predicted octanol–water partition coefficient (Wildman–Crippen LogP) is 0.333. The molecule has 0 saturated heterocycles. The van der Waals surface area contributed by atoms with Crippen molar-refractivity contribution in [2.75, 3.05) is 49.0 Å². The minimum Gasteiger partial charge on any atom is -0.493 e. The summed E-state index contributed by atoms with van der Waals surface area (Å²) in [6.45, 7) is 1.66. The Kier molecular flexibility index (Phi) is 6.94. The van der Waals surface area contributed by atoms with Crippen LogP contribution in [0.3, 0.4) is 0 Å². The Labute approximate surface area is 120 Å². The molecular weight excluding hydrogens is 260 g/mol. The highest BCUT2D eigenvalue weighted by Crippen LogP contribution is 2.28. The van der Waals surface area contributed by atoms with Crippen LogP contribution in [0.25, 0.3) is 0 Å². The number of nitrogens with one attached hydrogen (secondary N) is 1. The molecule has 0 amide bonds. The van der Waals surface area contributed by atoms with Crippen LogP contribution in [0.1, 0.15) is 11.7 Å². The molecule has 20 heavy (non-hydrogen) atoms. The van der Waals surface area contributed by atoms with Gasteiger partial charge >= 0.3 is 0 Å². The Morgan fingerprint density at radius 2 is 1.95 bits per heavy atom. The van der Waals surface area contributed by atoms with Crippen molar-refractivity contribution < 1.29 is 14.2 Å². The van der Waals surface area contributed by atoms with Crippen molar-refractivity contribution in [3.63, 3.8) is 0 Å². The molecule has 0 radical (unpaired) electrons. The molecule has 1 aromatic rings. The third-order valence-corrected chi connectivity index (χ3v) is 3.17. The first-order valence-electron chi connectivity index (χ1n) is 6.56. The molecule has 1 N–H and O–H groups in total. The lowest BCUT2D eigenvalue weighted by Gasteiger charge is -2.26.